The van der Waals surface area contributed by atoms with Crippen molar-refractivity contribution in [1.29, 1.82) is 0 Å². The molecule has 0 bridgehead atoms. The summed E-state index contributed by atoms with van der Waals surface area (Å²) in [5.74, 6) is 1.89. The zero-order valence-electron chi connectivity index (χ0n) is 17.1. The predicted octanol–water partition coefficient (Wildman–Crippen LogP) is 5.72. The van der Waals surface area contributed by atoms with Crippen LogP contribution in [0.4, 0.5) is 28.8 Å². The van der Waals surface area contributed by atoms with Gasteiger partial charge in [0.2, 0.25) is 5.95 Å². The standard InChI is InChI=1S/C22H23Br2N5O2/c1-2-31-20-13-15(29-9-11-30-12-10-29)7-8-19(20)27-22-25-14-17(24)21(28-22)26-18-6-4-3-5-16(18)23/h3-8,13-14H,2,9-12H2,1H3,(H2,25,26,27,28). The van der Waals surface area contributed by atoms with E-state index < -0.39 is 0 Å². The normalized spacial score (nSPS) is 13.7. The van der Waals surface area contributed by atoms with Crippen LogP contribution in [0, 0.1) is 0 Å². The van der Waals surface area contributed by atoms with Gasteiger partial charge in [0.05, 0.1) is 35.7 Å². The molecule has 7 nitrogen and oxygen atoms in total. The number of hydrogen-bond acceptors (Lipinski definition) is 7. The highest BCUT2D eigenvalue weighted by molar-refractivity contribution is 9.11. The highest BCUT2D eigenvalue weighted by atomic mass is 79.9. The van der Waals surface area contributed by atoms with Crippen molar-refractivity contribution in [3.8, 4) is 5.75 Å². The second-order valence-corrected chi connectivity index (χ2v) is 8.54. The molecular weight excluding hydrogens is 526 g/mol. The van der Waals surface area contributed by atoms with E-state index in [0.717, 1.165) is 58.1 Å². The molecule has 0 saturated carbocycles. The second-order valence-electron chi connectivity index (χ2n) is 6.83. The number of hydrogen-bond donors (Lipinski definition) is 2. The topological polar surface area (TPSA) is 71.5 Å². The number of para-hydroxylation sites is 1. The Labute approximate surface area is 198 Å². The number of rotatable bonds is 7. The fourth-order valence-corrected chi connectivity index (χ4v) is 3.91. The van der Waals surface area contributed by atoms with Gasteiger partial charge in [-0.25, -0.2) is 4.98 Å². The lowest BCUT2D eigenvalue weighted by Gasteiger charge is -2.29. The van der Waals surface area contributed by atoms with Crippen LogP contribution in [0.15, 0.2) is 57.6 Å². The number of nitrogens with one attached hydrogen (secondary N) is 2. The van der Waals surface area contributed by atoms with Crippen LogP contribution in [0.5, 0.6) is 5.75 Å². The third-order valence-corrected chi connectivity index (χ3v) is 6.03. The summed E-state index contributed by atoms with van der Waals surface area (Å²) in [4.78, 5) is 11.3. The second kappa shape index (κ2) is 10.3. The van der Waals surface area contributed by atoms with Crippen LogP contribution < -0.4 is 20.3 Å². The Kier molecular flexibility index (Phi) is 7.26. The molecule has 1 fully saturated rings. The van der Waals surface area contributed by atoms with Crippen LogP contribution >= 0.6 is 31.9 Å². The van der Waals surface area contributed by atoms with E-state index in [9.17, 15) is 0 Å². The van der Waals surface area contributed by atoms with E-state index >= 15 is 0 Å². The minimum absolute atomic E-state index is 0.470. The zero-order valence-corrected chi connectivity index (χ0v) is 20.2. The SMILES string of the molecule is CCOc1cc(N2CCOCC2)ccc1Nc1ncc(Br)c(Nc2ccccc2Br)n1. The molecule has 2 N–H and O–H groups in total. The van der Waals surface area contributed by atoms with Gasteiger partial charge in [0.1, 0.15) is 11.6 Å². The highest BCUT2D eigenvalue weighted by Gasteiger charge is 2.15. The lowest BCUT2D eigenvalue weighted by atomic mass is 10.2. The fraction of sp³-hybridized carbons (Fsp3) is 0.273. The van der Waals surface area contributed by atoms with Crippen molar-refractivity contribution in [3.63, 3.8) is 0 Å². The van der Waals surface area contributed by atoms with Crippen LogP contribution in [0.3, 0.4) is 0 Å². The smallest absolute Gasteiger partial charge is 0.229 e. The van der Waals surface area contributed by atoms with E-state index in [-0.39, 0.29) is 0 Å². The van der Waals surface area contributed by atoms with Crippen LogP contribution in [0.25, 0.3) is 0 Å². The third-order valence-electron chi connectivity index (χ3n) is 4.76. The summed E-state index contributed by atoms with van der Waals surface area (Å²) >= 11 is 7.07. The number of benzene rings is 2. The van der Waals surface area contributed by atoms with Gasteiger partial charge < -0.3 is 25.0 Å². The van der Waals surface area contributed by atoms with Gasteiger partial charge in [-0.05, 0) is 63.0 Å². The average Bonchev–Trinajstić information content (AvgIpc) is 2.79. The molecule has 1 aromatic heterocycles. The molecule has 31 heavy (non-hydrogen) atoms. The summed E-state index contributed by atoms with van der Waals surface area (Å²) in [6.45, 7) is 5.77. The fourth-order valence-electron chi connectivity index (χ4n) is 3.23. The van der Waals surface area contributed by atoms with Gasteiger partial charge >= 0.3 is 0 Å². The van der Waals surface area contributed by atoms with E-state index in [2.05, 4.69) is 69.5 Å². The van der Waals surface area contributed by atoms with Gasteiger partial charge in [-0.15, -0.1) is 0 Å². The van der Waals surface area contributed by atoms with Gasteiger partial charge in [0, 0.05) is 35.5 Å². The molecule has 9 heteroatoms. The summed E-state index contributed by atoms with van der Waals surface area (Å²) < 4.78 is 13.1. The molecule has 0 aliphatic carbocycles. The van der Waals surface area contributed by atoms with Crippen molar-refractivity contribution in [2.45, 2.75) is 6.92 Å². The van der Waals surface area contributed by atoms with Gasteiger partial charge in [-0.2, -0.15) is 4.98 Å². The Morgan fingerprint density at radius 3 is 2.61 bits per heavy atom. The highest BCUT2D eigenvalue weighted by Crippen LogP contribution is 2.33. The molecule has 0 spiro atoms. The molecule has 162 valence electrons. The average molecular weight is 549 g/mol. The molecule has 0 radical (unpaired) electrons. The number of ether oxygens (including phenoxy) is 2. The zero-order chi connectivity index (χ0) is 21.6. The van der Waals surface area contributed by atoms with Crippen molar-refractivity contribution < 1.29 is 9.47 Å². The molecular formula is C22H23Br2N5O2. The minimum Gasteiger partial charge on any atom is -0.492 e. The van der Waals surface area contributed by atoms with Crippen molar-refractivity contribution in [1.82, 2.24) is 9.97 Å². The summed E-state index contributed by atoms with van der Waals surface area (Å²) in [5.41, 5.74) is 2.84. The van der Waals surface area contributed by atoms with E-state index in [4.69, 9.17) is 9.47 Å². The first kappa shape index (κ1) is 21.9. The maximum atomic E-state index is 5.90. The van der Waals surface area contributed by atoms with Gasteiger partial charge in [-0.1, -0.05) is 12.1 Å². The van der Waals surface area contributed by atoms with Crippen LogP contribution in [-0.2, 0) is 4.74 Å². The van der Waals surface area contributed by atoms with E-state index in [1.165, 1.54) is 0 Å². The van der Waals surface area contributed by atoms with Crippen molar-refractivity contribution in [3.05, 3.63) is 57.6 Å². The quantitative estimate of drug-likeness (QED) is 0.391. The first-order valence-electron chi connectivity index (χ1n) is 10.0. The third kappa shape index (κ3) is 5.47. The first-order valence-corrected chi connectivity index (χ1v) is 11.6. The lowest BCUT2D eigenvalue weighted by molar-refractivity contribution is 0.122. The van der Waals surface area contributed by atoms with Crippen LogP contribution in [0.1, 0.15) is 6.92 Å². The van der Waals surface area contributed by atoms with Gasteiger partial charge in [0.15, 0.2) is 0 Å². The van der Waals surface area contributed by atoms with E-state index in [1.807, 2.05) is 37.3 Å². The Bertz CT molecular complexity index is 1040. The molecule has 3 aromatic rings. The van der Waals surface area contributed by atoms with Crippen molar-refractivity contribution >= 4 is 60.7 Å². The number of nitrogens with zero attached hydrogens (tertiary/aromatic N) is 3. The number of anilines is 5. The van der Waals surface area contributed by atoms with E-state index in [1.54, 1.807) is 6.20 Å². The van der Waals surface area contributed by atoms with Crippen molar-refractivity contribution in [2.24, 2.45) is 0 Å². The molecule has 4 rings (SSSR count). The minimum atomic E-state index is 0.470. The Morgan fingerprint density at radius 2 is 1.84 bits per heavy atom. The molecule has 2 heterocycles. The molecule has 2 aromatic carbocycles. The van der Waals surface area contributed by atoms with Gasteiger partial charge in [0.25, 0.3) is 0 Å². The molecule has 1 aliphatic rings. The van der Waals surface area contributed by atoms with Crippen molar-refractivity contribution in [2.75, 3.05) is 48.4 Å². The molecule has 1 saturated heterocycles. The number of morpholine rings is 1. The number of halogens is 2. The monoisotopic (exact) mass is 547 g/mol. The summed E-state index contributed by atoms with van der Waals surface area (Å²) in [5, 5.41) is 6.62. The predicted molar refractivity (Wildman–Crippen MR) is 131 cm³/mol. The Morgan fingerprint density at radius 1 is 1.03 bits per heavy atom. The summed E-state index contributed by atoms with van der Waals surface area (Å²) in [7, 11) is 0. The lowest BCUT2D eigenvalue weighted by Crippen LogP contribution is -2.36. The van der Waals surface area contributed by atoms with Crippen LogP contribution in [0.2, 0.25) is 0 Å². The molecule has 0 unspecified atom stereocenters. The Balaban J connectivity index is 1.57. The largest absolute Gasteiger partial charge is 0.492 e. The molecule has 0 atom stereocenters. The maximum absolute atomic E-state index is 5.90. The van der Waals surface area contributed by atoms with Gasteiger partial charge in [-0.3, -0.25) is 0 Å². The van der Waals surface area contributed by atoms with Crippen LogP contribution in [-0.4, -0.2) is 42.9 Å². The number of aromatic nitrogens is 2. The first-order chi connectivity index (χ1) is 15.1. The Hall–Kier alpha value is -2.36. The summed E-state index contributed by atoms with van der Waals surface area (Å²) in [6.07, 6.45) is 1.72. The van der Waals surface area contributed by atoms with E-state index in [0.29, 0.717) is 18.4 Å². The summed E-state index contributed by atoms with van der Waals surface area (Å²) in [6, 6.07) is 14.0. The molecule has 1 aliphatic heterocycles. The molecule has 0 amide bonds. The maximum Gasteiger partial charge on any atom is 0.229 e.